The first-order valence-electron chi connectivity index (χ1n) is 9.50. The van der Waals surface area contributed by atoms with Crippen molar-refractivity contribution in [3.8, 4) is 0 Å². The van der Waals surface area contributed by atoms with Crippen molar-refractivity contribution >= 4 is 11.7 Å². The number of benzene rings is 2. The lowest BCUT2D eigenvalue weighted by atomic mass is 10.0. The van der Waals surface area contributed by atoms with Gasteiger partial charge in [0.05, 0.1) is 12.3 Å². The zero-order valence-electron chi connectivity index (χ0n) is 16.8. The fourth-order valence-corrected chi connectivity index (χ4v) is 3.06. The second-order valence-electron chi connectivity index (χ2n) is 8.14. The van der Waals surface area contributed by atoms with Crippen LogP contribution < -0.4 is 5.32 Å². The van der Waals surface area contributed by atoms with Crippen molar-refractivity contribution in [1.29, 1.82) is 0 Å². The molecule has 1 unspecified atom stereocenters. The van der Waals surface area contributed by atoms with E-state index in [-0.39, 0.29) is 30.8 Å². The van der Waals surface area contributed by atoms with Gasteiger partial charge in [-0.1, -0.05) is 35.5 Å². The smallest absolute Gasteiger partial charge is 0.318 e. The van der Waals surface area contributed by atoms with Crippen LogP contribution in [-0.2, 0) is 11.4 Å². The predicted molar refractivity (Wildman–Crippen MR) is 108 cm³/mol. The number of carbonyl (C=O) groups excluding carboxylic acids is 1. The molecule has 154 valence electrons. The Balaban J connectivity index is 1.70. The zero-order valence-corrected chi connectivity index (χ0v) is 16.8. The normalized spacial score (nSPS) is 16.2. The Morgan fingerprint density at radius 2 is 1.86 bits per heavy atom. The molecule has 7 heteroatoms. The van der Waals surface area contributed by atoms with Crippen molar-refractivity contribution in [2.24, 2.45) is 5.16 Å². The lowest BCUT2D eigenvalue weighted by Crippen LogP contribution is -2.50. The van der Waals surface area contributed by atoms with Gasteiger partial charge in [-0.25, -0.2) is 13.6 Å². The van der Waals surface area contributed by atoms with E-state index in [2.05, 4.69) is 10.5 Å². The Morgan fingerprint density at radius 3 is 2.52 bits per heavy atom. The minimum atomic E-state index is -0.413. The lowest BCUT2D eigenvalue weighted by molar-refractivity contribution is 0.0580. The van der Waals surface area contributed by atoms with Gasteiger partial charge in [-0.15, -0.1) is 0 Å². The van der Waals surface area contributed by atoms with Gasteiger partial charge in [0.15, 0.2) is 6.10 Å². The van der Waals surface area contributed by atoms with Crippen molar-refractivity contribution in [2.75, 3.05) is 6.54 Å². The van der Waals surface area contributed by atoms with E-state index < -0.39 is 11.6 Å². The number of nitrogens with zero attached hydrogens (tertiary/aromatic N) is 2. The highest BCUT2D eigenvalue weighted by Gasteiger charge is 2.29. The SMILES string of the molecule is CC(C)(C)NC(=O)N(Cc1ccc(F)cc1)CC1CC(c2ccccc2F)=NO1. The van der Waals surface area contributed by atoms with Crippen LogP contribution in [0.5, 0.6) is 0 Å². The van der Waals surface area contributed by atoms with Crippen LogP contribution in [0.2, 0.25) is 0 Å². The molecule has 0 fully saturated rings. The molecule has 1 aliphatic heterocycles. The Kier molecular flexibility index (Phi) is 6.15. The molecule has 5 nitrogen and oxygen atoms in total. The topological polar surface area (TPSA) is 53.9 Å². The van der Waals surface area contributed by atoms with Crippen LogP contribution in [-0.4, -0.2) is 34.8 Å². The fourth-order valence-electron chi connectivity index (χ4n) is 3.06. The molecule has 2 amide bonds. The van der Waals surface area contributed by atoms with Gasteiger partial charge >= 0.3 is 6.03 Å². The molecule has 1 heterocycles. The average Bonchev–Trinajstić information content (AvgIpc) is 3.10. The van der Waals surface area contributed by atoms with Crippen molar-refractivity contribution in [3.63, 3.8) is 0 Å². The number of nitrogens with one attached hydrogen (secondary N) is 1. The standard InChI is InChI=1S/C22H25F2N3O2/c1-22(2,3)25-21(28)27(13-15-8-10-16(23)11-9-15)14-17-12-20(26-29-17)18-6-4-5-7-19(18)24/h4-11,17H,12-14H2,1-3H3,(H,25,28). The summed E-state index contributed by atoms with van der Waals surface area (Å²) < 4.78 is 27.2. The van der Waals surface area contributed by atoms with Gasteiger partial charge in [0.25, 0.3) is 0 Å². The monoisotopic (exact) mass is 401 g/mol. The van der Waals surface area contributed by atoms with Crippen molar-refractivity contribution < 1.29 is 18.4 Å². The molecule has 0 radical (unpaired) electrons. The summed E-state index contributed by atoms with van der Waals surface area (Å²) >= 11 is 0. The fraction of sp³-hybridized carbons (Fsp3) is 0.364. The van der Waals surface area contributed by atoms with E-state index >= 15 is 0 Å². The number of rotatable bonds is 5. The molecule has 0 spiro atoms. The number of hydrogen-bond donors (Lipinski definition) is 1. The van der Waals surface area contributed by atoms with Gasteiger partial charge in [0, 0.05) is 24.1 Å². The highest BCUT2D eigenvalue weighted by molar-refractivity contribution is 6.01. The number of halogens is 2. The van der Waals surface area contributed by atoms with E-state index in [4.69, 9.17) is 4.84 Å². The van der Waals surface area contributed by atoms with E-state index in [9.17, 15) is 13.6 Å². The van der Waals surface area contributed by atoms with E-state index in [1.54, 1.807) is 35.2 Å². The maximum atomic E-state index is 14.0. The molecular formula is C22H25F2N3O2. The molecule has 1 atom stereocenters. The van der Waals surface area contributed by atoms with Crippen molar-refractivity contribution in [2.45, 2.75) is 45.4 Å². The van der Waals surface area contributed by atoms with Crippen LogP contribution in [0.4, 0.5) is 13.6 Å². The van der Waals surface area contributed by atoms with Gasteiger partial charge in [0.1, 0.15) is 11.6 Å². The van der Waals surface area contributed by atoms with Crippen LogP contribution in [0, 0.1) is 11.6 Å². The van der Waals surface area contributed by atoms with E-state index in [1.165, 1.54) is 18.2 Å². The molecular weight excluding hydrogens is 376 g/mol. The third-order valence-corrected chi connectivity index (χ3v) is 4.40. The lowest BCUT2D eigenvalue weighted by Gasteiger charge is -2.29. The van der Waals surface area contributed by atoms with Crippen LogP contribution >= 0.6 is 0 Å². The van der Waals surface area contributed by atoms with Gasteiger partial charge in [-0.3, -0.25) is 0 Å². The Morgan fingerprint density at radius 1 is 1.17 bits per heavy atom. The molecule has 1 aliphatic rings. The molecule has 2 aromatic carbocycles. The molecule has 0 saturated carbocycles. The Hall–Kier alpha value is -2.96. The summed E-state index contributed by atoms with van der Waals surface area (Å²) in [6, 6.07) is 12.1. The van der Waals surface area contributed by atoms with Crippen molar-refractivity contribution in [3.05, 3.63) is 71.3 Å². The van der Waals surface area contributed by atoms with Gasteiger partial charge < -0.3 is 15.1 Å². The van der Waals surface area contributed by atoms with E-state index in [1.807, 2.05) is 20.8 Å². The summed E-state index contributed by atoms with van der Waals surface area (Å²) in [6.07, 6.45) is -0.000294. The second-order valence-corrected chi connectivity index (χ2v) is 8.14. The molecule has 0 aromatic heterocycles. The highest BCUT2D eigenvalue weighted by atomic mass is 19.1. The molecule has 1 N–H and O–H groups in total. The summed E-state index contributed by atoms with van der Waals surface area (Å²) in [5.74, 6) is -0.689. The average molecular weight is 401 g/mol. The number of amides is 2. The summed E-state index contributed by atoms with van der Waals surface area (Å²) in [5, 5.41) is 6.96. The van der Waals surface area contributed by atoms with E-state index in [0.29, 0.717) is 17.7 Å². The number of hydrogen-bond acceptors (Lipinski definition) is 3. The molecule has 0 saturated heterocycles. The predicted octanol–water partition coefficient (Wildman–Crippen LogP) is 4.47. The van der Waals surface area contributed by atoms with Crippen LogP contribution in [0.15, 0.2) is 53.7 Å². The molecule has 3 rings (SSSR count). The largest absolute Gasteiger partial charge is 0.390 e. The van der Waals surface area contributed by atoms with Crippen LogP contribution in [0.3, 0.4) is 0 Å². The first kappa shape index (κ1) is 20.8. The third kappa shape index (κ3) is 5.76. The first-order chi connectivity index (χ1) is 13.7. The number of urea groups is 1. The number of carbonyl (C=O) groups is 1. The van der Waals surface area contributed by atoms with Crippen LogP contribution in [0.1, 0.15) is 38.3 Å². The van der Waals surface area contributed by atoms with Gasteiger partial charge in [0.2, 0.25) is 0 Å². The van der Waals surface area contributed by atoms with Gasteiger partial charge in [-0.2, -0.15) is 0 Å². The minimum Gasteiger partial charge on any atom is -0.390 e. The third-order valence-electron chi connectivity index (χ3n) is 4.40. The minimum absolute atomic E-state index is 0.259. The summed E-state index contributed by atoms with van der Waals surface area (Å²) in [4.78, 5) is 19.9. The number of oxime groups is 1. The molecule has 0 bridgehead atoms. The summed E-state index contributed by atoms with van der Waals surface area (Å²) in [5.41, 5.74) is 1.30. The molecule has 29 heavy (non-hydrogen) atoms. The quantitative estimate of drug-likeness (QED) is 0.804. The zero-order chi connectivity index (χ0) is 21.0. The van der Waals surface area contributed by atoms with E-state index in [0.717, 1.165) is 5.56 Å². The maximum Gasteiger partial charge on any atom is 0.318 e. The Labute approximate surface area is 169 Å². The van der Waals surface area contributed by atoms with Crippen LogP contribution in [0.25, 0.3) is 0 Å². The van der Waals surface area contributed by atoms with Crippen molar-refractivity contribution in [1.82, 2.24) is 10.2 Å². The second kappa shape index (κ2) is 8.59. The molecule has 0 aliphatic carbocycles. The Bertz CT molecular complexity index is 892. The summed E-state index contributed by atoms with van der Waals surface area (Å²) in [6.45, 7) is 6.24. The maximum absolute atomic E-state index is 14.0. The first-order valence-corrected chi connectivity index (χ1v) is 9.50. The molecule has 2 aromatic rings. The highest BCUT2D eigenvalue weighted by Crippen LogP contribution is 2.21. The summed E-state index contributed by atoms with van der Waals surface area (Å²) in [7, 11) is 0. The van der Waals surface area contributed by atoms with Gasteiger partial charge in [-0.05, 0) is 44.5 Å².